The minimum atomic E-state index is -4.62. The summed E-state index contributed by atoms with van der Waals surface area (Å²) in [5.41, 5.74) is -1.25. The lowest BCUT2D eigenvalue weighted by Crippen LogP contribution is -2.51. The van der Waals surface area contributed by atoms with Crippen LogP contribution in [0.1, 0.15) is 37.5 Å². The van der Waals surface area contributed by atoms with Gasteiger partial charge in [-0.25, -0.2) is 4.79 Å². The minimum absolute atomic E-state index is 0.0366. The average molecular weight is 449 g/mol. The fourth-order valence-electron chi connectivity index (χ4n) is 2.56. The first-order valence-electron chi connectivity index (χ1n) is 9.12. The van der Waals surface area contributed by atoms with E-state index in [1.807, 2.05) is 5.32 Å². The van der Waals surface area contributed by atoms with Gasteiger partial charge in [0.2, 0.25) is 0 Å². The number of aliphatic hydroxyl groups excluding tert-OH is 1. The number of carbonyl (C=O) groups is 4. The van der Waals surface area contributed by atoms with Crippen LogP contribution in [0.5, 0.6) is 0 Å². The normalized spacial score (nSPS) is 14.1. The van der Waals surface area contributed by atoms with Crippen LogP contribution in [-0.4, -0.2) is 53.3 Å². The summed E-state index contributed by atoms with van der Waals surface area (Å²) < 4.78 is 47.4. The number of hydrogen-bond acceptors (Lipinski definition) is 7. The highest BCUT2D eigenvalue weighted by atomic mass is 19.4. The van der Waals surface area contributed by atoms with Gasteiger partial charge in [-0.15, -0.1) is 0 Å². The zero-order valence-electron chi connectivity index (χ0n) is 16.6. The summed E-state index contributed by atoms with van der Waals surface area (Å²) in [6.07, 6.45) is -7.38. The molecular weight excluding hydrogens is 427 g/mol. The second-order valence-electron chi connectivity index (χ2n) is 6.21. The minimum Gasteiger partial charge on any atom is -0.480 e. The number of amides is 1. The van der Waals surface area contributed by atoms with Gasteiger partial charge in [-0.3, -0.25) is 14.4 Å². The van der Waals surface area contributed by atoms with Crippen LogP contribution in [0.25, 0.3) is 0 Å². The van der Waals surface area contributed by atoms with Crippen LogP contribution in [0.4, 0.5) is 13.2 Å². The predicted molar refractivity (Wildman–Crippen MR) is 97.3 cm³/mol. The number of nitrogens with one attached hydrogen (secondary N) is 1. The van der Waals surface area contributed by atoms with E-state index in [-0.39, 0.29) is 18.8 Å². The number of esters is 2. The average Bonchev–Trinajstić information content (AvgIpc) is 2.69. The fraction of sp³-hybridized carbons (Fsp3) is 0.474. The van der Waals surface area contributed by atoms with E-state index in [0.29, 0.717) is 12.1 Å². The third-order valence-electron chi connectivity index (χ3n) is 4.05. The van der Waals surface area contributed by atoms with Gasteiger partial charge in [0.1, 0.15) is 6.04 Å². The molecular formula is C19H22F3NO8. The maximum Gasteiger partial charge on any atom is 0.416 e. The second-order valence-corrected chi connectivity index (χ2v) is 6.21. The van der Waals surface area contributed by atoms with Gasteiger partial charge in [0, 0.05) is 0 Å². The molecule has 0 fully saturated rings. The summed E-state index contributed by atoms with van der Waals surface area (Å²) in [4.78, 5) is 47.9. The SMILES string of the molecule is CCOC(=O)C[C@H](C(=O)OCC)[C@H](NC(=O)[C@@H](O)c1ccc(C(F)(F)F)cc1)C(=O)O. The number of carboxylic acid groups (broad SMARTS) is 1. The summed E-state index contributed by atoms with van der Waals surface area (Å²) in [6, 6.07) is 1.01. The zero-order chi connectivity index (χ0) is 23.8. The van der Waals surface area contributed by atoms with Crippen LogP contribution in [-0.2, 0) is 34.8 Å². The number of carbonyl (C=O) groups excluding carboxylic acids is 3. The van der Waals surface area contributed by atoms with Gasteiger partial charge in [-0.05, 0) is 31.5 Å². The van der Waals surface area contributed by atoms with E-state index in [1.54, 1.807) is 0 Å². The number of aliphatic carboxylic acids is 1. The molecule has 0 aromatic heterocycles. The Hall–Kier alpha value is -3.15. The Morgan fingerprint density at radius 1 is 1.03 bits per heavy atom. The van der Waals surface area contributed by atoms with Crippen LogP contribution in [0.15, 0.2) is 24.3 Å². The van der Waals surface area contributed by atoms with Crippen molar-refractivity contribution in [2.75, 3.05) is 13.2 Å². The van der Waals surface area contributed by atoms with Crippen LogP contribution in [0, 0.1) is 5.92 Å². The molecule has 0 bridgehead atoms. The van der Waals surface area contributed by atoms with Crippen molar-refractivity contribution in [1.29, 1.82) is 0 Å². The molecule has 1 amide bonds. The third kappa shape index (κ3) is 7.55. The molecule has 3 N–H and O–H groups in total. The van der Waals surface area contributed by atoms with Gasteiger partial charge < -0.3 is 25.0 Å². The topological polar surface area (TPSA) is 139 Å². The molecule has 0 radical (unpaired) electrons. The largest absolute Gasteiger partial charge is 0.480 e. The Labute approximate surface area is 175 Å². The lowest BCUT2D eigenvalue weighted by Gasteiger charge is -2.24. The molecule has 31 heavy (non-hydrogen) atoms. The van der Waals surface area contributed by atoms with Gasteiger partial charge in [0.05, 0.1) is 31.1 Å². The number of alkyl halides is 3. The number of ether oxygens (including phenoxy) is 2. The monoisotopic (exact) mass is 449 g/mol. The highest BCUT2D eigenvalue weighted by Gasteiger charge is 2.39. The summed E-state index contributed by atoms with van der Waals surface area (Å²) >= 11 is 0. The lowest BCUT2D eigenvalue weighted by molar-refractivity contribution is -0.160. The van der Waals surface area contributed by atoms with Crippen molar-refractivity contribution in [3.05, 3.63) is 35.4 Å². The molecule has 3 atom stereocenters. The number of hydrogen-bond donors (Lipinski definition) is 3. The Balaban J connectivity index is 3.06. The van der Waals surface area contributed by atoms with Crippen molar-refractivity contribution in [3.8, 4) is 0 Å². The molecule has 1 rings (SSSR count). The molecule has 172 valence electrons. The molecule has 1 aromatic carbocycles. The van der Waals surface area contributed by atoms with Crippen LogP contribution in [0.3, 0.4) is 0 Å². The molecule has 0 unspecified atom stereocenters. The van der Waals surface area contributed by atoms with Gasteiger partial charge >= 0.3 is 24.1 Å². The van der Waals surface area contributed by atoms with Gasteiger partial charge in [0.15, 0.2) is 6.10 Å². The Morgan fingerprint density at radius 3 is 2.03 bits per heavy atom. The first-order valence-corrected chi connectivity index (χ1v) is 9.12. The molecule has 12 heteroatoms. The van der Waals surface area contributed by atoms with E-state index in [4.69, 9.17) is 9.47 Å². The molecule has 9 nitrogen and oxygen atoms in total. The molecule has 0 aliphatic carbocycles. The standard InChI is InChI=1S/C19H22F3NO8/c1-3-30-13(24)9-12(18(29)31-4-2)14(17(27)28)23-16(26)15(25)10-5-7-11(8-6-10)19(20,21)22/h5-8,12,14-15,25H,3-4,9H2,1-2H3,(H,23,26)(H,27,28)/t12-,14-,15-/m0/s1. The molecule has 0 saturated carbocycles. The van der Waals surface area contributed by atoms with E-state index in [1.165, 1.54) is 13.8 Å². The summed E-state index contributed by atoms with van der Waals surface area (Å²) in [6.45, 7) is 2.77. The van der Waals surface area contributed by atoms with Gasteiger partial charge in [0.25, 0.3) is 5.91 Å². The highest BCUT2D eigenvalue weighted by Crippen LogP contribution is 2.30. The number of aliphatic hydroxyl groups is 1. The van der Waals surface area contributed by atoms with Crippen molar-refractivity contribution >= 4 is 23.8 Å². The lowest BCUT2D eigenvalue weighted by atomic mass is 9.95. The fourth-order valence-corrected chi connectivity index (χ4v) is 2.56. The second kappa shape index (κ2) is 11.3. The summed E-state index contributed by atoms with van der Waals surface area (Å²) in [5.74, 6) is -6.67. The molecule has 0 saturated heterocycles. The number of carboxylic acids is 1. The van der Waals surface area contributed by atoms with E-state index >= 15 is 0 Å². The van der Waals surface area contributed by atoms with E-state index < -0.39 is 60.0 Å². The maximum atomic E-state index is 12.6. The van der Waals surface area contributed by atoms with Gasteiger partial charge in [-0.2, -0.15) is 13.2 Å². The molecule has 0 spiro atoms. The number of benzene rings is 1. The van der Waals surface area contributed by atoms with Crippen molar-refractivity contribution in [1.82, 2.24) is 5.32 Å². The molecule has 0 aliphatic rings. The smallest absolute Gasteiger partial charge is 0.416 e. The Bertz CT molecular complexity index is 794. The molecule has 0 aliphatic heterocycles. The first kappa shape index (κ1) is 25.9. The summed E-state index contributed by atoms with van der Waals surface area (Å²) in [7, 11) is 0. The Morgan fingerprint density at radius 2 is 1.58 bits per heavy atom. The Kier molecular flexibility index (Phi) is 9.43. The first-order chi connectivity index (χ1) is 14.4. The maximum absolute atomic E-state index is 12.6. The van der Waals surface area contributed by atoms with E-state index in [9.17, 15) is 42.6 Å². The molecule has 1 aromatic rings. The van der Waals surface area contributed by atoms with Gasteiger partial charge in [-0.1, -0.05) is 12.1 Å². The van der Waals surface area contributed by atoms with Crippen molar-refractivity contribution < 1.29 is 52.0 Å². The van der Waals surface area contributed by atoms with Crippen LogP contribution < -0.4 is 5.32 Å². The quantitative estimate of drug-likeness (QED) is 0.456. The number of halogens is 3. The molecule has 0 heterocycles. The van der Waals surface area contributed by atoms with E-state index in [0.717, 1.165) is 12.1 Å². The van der Waals surface area contributed by atoms with Crippen LogP contribution >= 0.6 is 0 Å². The van der Waals surface area contributed by atoms with Crippen molar-refractivity contribution in [2.24, 2.45) is 5.92 Å². The predicted octanol–water partition coefficient (Wildman–Crippen LogP) is 1.44. The number of rotatable bonds is 10. The van der Waals surface area contributed by atoms with Crippen molar-refractivity contribution in [2.45, 2.75) is 38.6 Å². The zero-order valence-corrected chi connectivity index (χ0v) is 16.6. The third-order valence-corrected chi connectivity index (χ3v) is 4.05. The van der Waals surface area contributed by atoms with E-state index in [2.05, 4.69) is 0 Å². The van der Waals surface area contributed by atoms with Crippen LogP contribution in [0.2, 0.25) is 0 Å². The highest BCUT2D eigenvalue weighted by molar-refractivity contribution is 5.92. The summed E-state index contributed by atoms with van der Waals surface area (Å²) in [5, 5.41) is 21.5. The van der Waals surface area contributed by atoms with Crippen molar-refractivity contribution in [3.63, 3.8) is 0 Å².